The number of benzene rings is 1. The van der Waals surface area contributed by atoms with Crippen molar-refractivity contribution in [3.05, 3.63) is 23.2 Å². The standard InChI is InChI=1S/C11H17ClN5O.F6P/c1-14(2)11(15(3)4)16-9-6-5-8(12)7-10(9)17(18)13-16;1-7(2,3,4,5)6/h5-7,13,18H,1-4H3;/q+1;-1. The molecule has 2 rings (SSSR count). The van der Waals surface area contributed by atoms with Gasteiger partial charge < -0.3 is 0 Å². The second kappa shape index (κ2) is 6.04. The summed E-state index contributed by atoms with van der Waals surface area (Å²) in [4.78, 5) is 1.95. The first-order valence-electron chi connectivity index (χ1n) is 6.50. The molecule has 0 aliphatic carbocycles. The van der Waals surface area contributed by atoms with E-state index < -0.39 is 7.81 Å². The molecule has 1 aliphatic rings. The Morgan fingerprint density at radius 3 is 2.00 bits per heavy atom. The fourth-order valence-electron chi connectivity index (χ4n) is 2.01. The third kappa shape index (κ3) is 7.51. The molecule has 25 heavy (non-hydrogen) atoms. The van der Waals surface area contributed by atoms with Crippen LogP contribution in [0.2, 0.25) is 5.02 Å². The van der Waals surface area contributed by atoms with Crippen molar-refractivity contribution in [3.8, 4) is 0 Å². The number of hydrazine groups is 2. The number of nitrogens with zero attached hydrogens (tertiary/aromatic N) is 4. The normalized spacial score (nSPS) is 16.3. The van der Waals surface area contributed by atoms with E-state index in [0.717, 1.165) is 16.8 Å². The molecule has 0 fully saturated rings. The van der Waals surface area contributed by atoms with E-state index in [1.807, 2.05) is 43.7 Å². The summed E-state index contributed by atoms with van der Waals surface area (Å²) in [5, 5.41) is 13.2. The molecule has 1 heterocycles. The first kappa shape index (κ1) is 21.6. The summed E-state index contributed by atoms with van der Waals surface area (Å²) >= 11 is 5.93. The molecule has 0 amide bonds. The summed E-state index contributed by atoms with van der Waals surface area (Å²) in [5.74, 6) is 0.884. The fraction of sp³-hybridized carbons (Fsp3) is 0.364. The topological polar surface area (TPSA) is 45.0 Å². The predicted octanol–water partition coefficient (Wildman–Crippen LogP) is 4.35. The van der Waals surface area contributed by atoms with Crippen LogP contribution in [-0.2, 0) is 0 Å². The summed E-state index contributed by atoms with van der Waals surface area (Å²) in [5.41, 5.74) is 4.30. The number of halogens is 7. The number of rotatable bonds is 0. The van der Waals surface area contributed by atoms with Crippen LogP contribution in [0.4, 0.5) is 36.6 Å². The van der Waals surface area contributed by atoms with Crippen molar-refractivity contribution in [2.45, 2.75) is 0 Å². The molecule has 1 aromatic carbocycles. The van der Waals surface area contributed by atoms with Crippen molar-refractivity contribution < 1.29 is 35.0 Å². The summed E-state index contributed by atoms with van der Waals surface area (Å²) < 4.78 is 61.1. The van der Waals surface area contributed by atoms with Gasteiger partial charge in [0.05, 0.1) is 28.2 Å². The van der Waals surface area contributed by atoms with Gasteiger partial charge in [-0.1, -0.05) is 17.1 Å². The van der Waals surface area contributed by atoms with Gasteiger partial charge in [-0.3, -0.25) is 14.7 Å². The van der Waals surface area contributed by atoms with Gasteiger partial charge >= 0.3 is 38.9 Å². The number of hydrogen-bond acceptors (Lipinski definition) is 3. The maximum absolute atomic E-state index is 10.7. The summed E-state index contributed by atoms with van der Waals surface area (Å²) in [6, 6.07) is 5.35. The van der Waals surface area contributed by atoms with Crippen molar-refractivity contribution in [1.82, 2.24) is 10.4 Å². The third-order valence-corrected chi connectivity index (χ3v) is 2.84. The molecule has 0 atom stereocenters. The molecule has 6 nitrogen and oxygen atoms in total. The molecule has 146 valence electrons. The Balaban J connectivity index is 0.000000381. The van der Waals surface area contributed by atoms with Crippen LogP contribution in [-0.4, -0.2) is 48.8 Å². The van der Waals surface area contributed by atoms with Crippen molar-refractivity contribution in [2.24, 2.45) is 0 Å². The van der Waals surface area contributed by atoms with E-state index in [2.05, 4.69) is 5.53 Å². The van der Waals surface area contributed by atoms with Crippen LogP contribution < -0.4 is 15.7 Å². The van der Waals surface area contributed by atoms with Gasteiger partial charge in [0.15, 0.2) is 5.69 Å². The van der Waals surface area contributed by atoms with Gasteiger partial charge in [0.25, 0.3) is 0 Å². The first-order chi connectivity index (χ1) is 10.9. The summed E-state index contributed by atoms with van der Waals surface area (Å²) in [6.07, 6.45) is 0. The van der Waals surface area contributed by atoms with E-state index >= 15 is 0 Å². The van der Waals surface area contributed by atoms with Gasteiger partial charge in [-0.2, -0.15) is 5.17 Å². The third-order valence-electron chi connectivity index (χ3n) is 2.60. The number of nitrogens with one attached hydrogen (secondary N) is 1. The molecule has 0 saturated carbocycles. The van der Waals surface area contributed by atoms with Crippen molar-refractivity contribution in [2.75, 3.05) is 38.4 Å². The van der Waals surface area contributed by atoms with Crippen LogP contribution in [0.1, 0.15) is 0 Å². The Morgan fingerprint density at radius 2 is 1.60 bits per heavy atom. The molecular weight excluding hydrogens is 399 g/mol. The van der Waals surface area contributed by atoms with E-state index in [0.29, 0.717) is 10.7 Å². The predicted molar refractivity (Wildman–Crippen MR) is 85.7 cm³/mol. The molecule has 0 unspecified atom stereocenters. The molecular formula is C11H17ClF6N5OP. The van der Waals surface area contributed by atoms with Gasteiger partial charge in [0, 0.05) is 5.02 Å². The zero-order valence-corrected chi connectivity index (χ0v) is 15.2. The second-order valence-electron chi connectivity index (χ2n) is 5.43. The Morgan fingerprint density at radius 1 is 1.12 bits per heavy atom. The van der Waals surface area contributed by atoms with Crippen molar-refractivity contribution in [1.29, 1.82) is 0 Å². The van der Waals surface area contributed by atoms with Crippen LogP contribution in [0.15, 0.2) is 18.2 Å². The van der Waals surface area contributed by atoms with Gasteiger partial charge in [0.2, 0.25) is 0 Å². The van der Waals surface area contributed by atoms with E-state index in [-0.39, 0.29) is 0 Å². The molecule has 0 spiro atoms. The molecule has 0 aromatic heterocycles. The van der Waals surface area contributed by atoms with E-state index in [1.165, 1.54) is 0 Å². The molecule has 1 aliphatic heterocycles. The zero-order valence-electron chi connectivity index (χ0n) is 13.6. The Hall–Kier alpha value is -1.49. The average molecular weight is 416 g/mol. The Labute approximate surface area is 144 Å². The van der Waals surface area contributed by atoms with Crippen LogP contribution in [0.5, 0.6) is 0 Å². The minimum absolute atomic E-state index is 0.577. The van der Waals surface area contributed by atoms with Crippen LogP contribution in [0.3, 0.4) is 0 Å². The Bertz CT molecular complexity index is 680. The molecule has 0 radical (unpaired) electrons. The number of fused-ring (bicyclic) bond motifs is 1. The number of anilines is 2. The van der Waals surface area contributed by atoms with E-state index in [1.54, 1.807) is 17.1 Å². The zero-order chi connectivity index (χ0) is 19.9. The second-order valence-corrected chi connectivity index (χ2v) is 7.78. The average Bonchev–Trinajstić information content (AvgIpc) is 2.61. The summed E-state index contributed by atoms with van der Waals surface area (Å²) in [7, 11) is -2.91. The van der Waals surface area contributed by atoms with Gasteiger partial charge in [-0.25, -0.2) is 0 Å². The fourth-order valence-corrected chi connectivity index (χ4v) is 2.18. The molecule has 2 N–H and O–H groups in total. The van der Waals surface area contributed by atoms with E-state index in [4.69, 9.17) is 11.6 Å². The summed E-state index contributed by atoms with van der Waals surface area (Å²) in [6.45, 7) is 0. The SMILES string of the molecule is CN(C)C(N1NN(O)c2cc(Cl)ccc21)=[N+](C)C.F[P-](F)(F)(F)(F)F. The van der Waals surface area contributed by atoms with Crippen LogP contribution in [0.25, 0.3) is 0 Å². The minimum atomic E-state index is -10.7. The van der Waals surface area contributed by atoms with Gasteiger partial charge in [-0.05, 0) is 18.2 Å². The number of hydrogen-bond donors (Lipinski definition) is 2. The Kier molecular flexibility index (Phi) is 5.21. The molecule has 0 bridgehead atoms. The van der Waals surface area contributed by atoms with Crippen LogP contribution in [0, 0.1) is 0 Å². The van der Waals surface area contributed by atoms with Gasteiger partial charge in [0.1, 0.15) is 5.69 Å². The quantitative estimate of drug-likeness (QED) is 0.217. The van der Waals surface area contributed by atoms with Gasteiger partial charge in [-0.15, -0.1) is 5.01 Å². The molecule has 1 aromatic rings. The molecule has 0 saturated heterocycles. The van der Waals surface area contributed by atoms with Crippen molar-refractivity contribution in [3.63, 3.8) is 0 Å². The first-order valence-corrected chi connectivity index (χ1v) is 8.90. The van der Waals surface area contributed by atoms with E-state index in [9.17, 15) is 30.4 Å². The van der Waals surface area contributed by atoms with Crippen LogP contribution >= 0.6 is 19.4 Å². The number of guanidine groups is 1. The monoisotopic (exact) mass is 415 g/mol. The van der Waals surface area contributed by atoms with Crippen molar-refractivity contribution >= 4 is 36.7 Å². The maximum atomic E-state index is 9.87. The molecule has 14 heteroatoms.